The number of aromatic nitrogens is 2. The smallest absolute Gasteiger partial charge is 0.273 e. The van der Waals surface area contributed by atoms with E-state index in [1.807, 2.05) is 0 Å². The van der Waals surface area contributed by atoms with Gasteiger partial charge in [-0.15, -0.1) is 0 Å². The maximum atomic E-state index is 10.6. The molecule has 3 N–H and O–H groups in total. The van der Waals surface area contributed by atoms with Crippen molar-refractivity contribution in [2.45, 2.75) is 0 Å². The maximum Gasteiger partial charge on any atom is 0.273 e. The Morgan fingerprint density at radius 1 is 1.75 bits per heavy atom. The molecule has 0 aliphatic rings. The molecule has 1 heterocycles. The average molecular weight is 169 g/mol. The molecule has 1 rings (SSSR count). The van der Waals surface area contributed by atoms with Gasteiger partial charge < -0.3 is 15.6 Å². The van der Waals surface area contributed by atoms with Gasteiger partial charge in [-0.3, -0.25) is 4.79 Å². The van der Waals surface area contributed by atoms with Gasteiger partial charge in [-0.25, -0.2) is 9.97 Å². The van der Waals surface area contributed by atoms with Gasteiger partial charge in [-0.2, -0.15) is 0 Å². The lowest BCUT2D eigenvalue weighted by Crippen LogP contribution is -2.14. The van der Waals surface area contributed by atoms with Gasteiger partial charge in [-0.1, -0.05) is 0 Å². The first-order valence-electron chi connectivity index (χ1n) is 3.05. The molecule has 6 heteroatoms. The molecule has 0 fully saturated rings. The van der Waals surface area contributed by atoms with E-state index in [1.54, 1.807) is 0 Å². The van der Waals surface area contributed by atoms with E-state index in [9.17, 15) is 4.79 Å². The van der Waals surface area contributed by atoms with Crippen LogP contribution in [0, 0.1) is 0 Å². The van der Waals surface area contributed by atoms with E-state index in [0.29, 0.717) is 0 Å². The summed E-state index contributed by atoms with van der Waals surface area (Å²) >= 11 is 0. The highest BCUT2D eigenvalue weighted by Gasteiger charge is 2.11. The van der Waals surface area contributed by atoms with E-state index in [-0.39, 0.29) is 11.6 Å². The topological polar surface area (TPSA) is 98.3 Å². The fourth-order valence-electron chi connectivity index (χ4n) is 0.630. The van der Waals surface area contributed by atoms with Crippen LogP contribution in [0.3, 0.4) is 0 Å². The lowest BCUT2D eigenvalue weighted by Gasteiger charge is -2.00. The van der Waals surface area contributed by atoms with Gasteiger partial charge in [0.2, 0.25) is 11.8 Å². The molecule has 0 saturated carbocycles. The van der Waals surface area contributed by atoms with Crippen molar-refractivity contribution in [1.82, 2.24) is 9.97 Å². The highest BCUT2D eigenvalue weighted by atomic mass is 16.5. The van der Waals surface area contributed by atoms with Crippen LogP contribution in [0.15, 0.2) is 6.20 Å². The first-order chi connectivity index (χ1) is 5.65. The molecule has 64 valence electrons. The van der Waals surface area contributed by atoms with Gasteiger partial charge in [-0.05, 0) is 0 Å². The predicted octanol–water partition coefficient (Wildman–Crippen LogP) is -0.710. The number of amides is 1. The number of primary amides is 1. The fourth-order valence-corrected chi connectivity index (χ4v) is 0.630. The summed E-state index contributed by atoms with van der Waals surface area (Å²) in [7, 11) is 1.37. The van der Waals surface area contributed by atoms with Crippen LogP contribution in [-0.2, 0) is 0 Å². The Morgan fingerprint density at radius 3 is 2.92 bits per heavy atom. The highest BCUT2D eigenvalue weighted by molar-refractivity contribution is 5.92. The Bertz CT molecular complexity index is 313. The number of carbonyl (C=O) groups excluding carboxylic acids is 1. The van der Waals surface area contributed by atoms with Crippen LogP contribution in [0.5, 0.6) is 11.8 Å². The van der Waals surface area contributed by atoms with Crippen LogP contribution >= 0.6 is 0 Å². The number of nitrogens with zero attached hydrogens (tertiary/aromatic N) is 2. The maximum absolute atomic E-state index is 10.6. The SMILES string of the molecule is COc1cnc(O)c(C(N)=O)n1. The largest absolute Gasteiger partial charge is 0.492 e. The van der Waals surface area contributed by atoms with Crippen molar-refractivity contribution in [3.63, 3.8) is 0 Å². The molecule has 0 unspecified atom stereocenters. The lowest BCUT2D eigenvalue weighted by molar-refractivity contribution is 0.0991. The van der Waals surface area contributed by atoms with Crippen molar-refractivity contribution in [2.24, 2.45) is 5.73 Å². The van der Waals surface area contributed by atoms with Crippen LogP contribution in [-0.4, -0.2) is 28.1 Å². The molecule has 1 aromatic rings. The first-order valence-corrected chi connectivity index (χ1v) is 3.05. The van der Waals surface area contributed by atoms with Crippen molar-refractivity contribution in [3.05, 3.63) is 11.9 Å². The molecule has 0 atom stereocenters. The second-order valence-electron chi connectivity index (χ2n) is 1.95. The zero-order chi connectivity index (χ0) is 9.14. The monoisotopic (exact) mass is 169 g/mol. The molecule has 12 heavy (non-hydrogen) atoms. The number of methoxy groups -OCH3 is 1. The normalized spacial score (nSPS) is 9.42. The zero-order valence-corrected chi connectivity index (χ0v) is 6.31. The third kappa shape index (κ3) is 1.42. The molecule has 0 radical (unpaired) electrons. The number of hydrogen-bond donors (Lipinski definition) is 2. The zero-order valence-electron chi connectivity index (χ0n) is 6.31. The number of carbonyl (C=O) groups is 1. The van der Waals surface area contributed by atoms with Crippen LogP contribution in [0.25, 0.3) is 0 Å². The molecule has 0 spiro atoms. The van der Waals surface area contributed by atoms with Crippen LogP contribution in [0.4, 0.5) is 0 Å². The van der Waals surface area contributed by atoms with Crippen LogP contribution < -0.4 is 10.5 Å². The van der Waals surface area contributed by atoms with Gasteiger partial charge in [0.25, 0.3) is 5.91 Å². The van der Waals surface area contributed by atoms with Gasteiger partial charge in [0.05, 0.1) is 13.3 Å². The molecule has 0 bridgehead atoms. The number of aromatic hydroxyl groups is 1. The van der Waals surface area contributed by atoms with E-state index in [1.165, 1.54) is 13.3 Å². The quantitative estimate of drug-likeness (QED) is 0.609. The molecule has 0 aromatic carbocycles. The number of nitrogens with two attached hydrogens (primary N) is 1. The molecular weight excluding hydrogens is 162 g/mol. The Labute approximate surface area is 68.0 Å². The number of ether oxygens (including phenoxy) is 1. The summed E-state index contributed by atoms with van der Waals surface area (Å²) < 4.78 is 4.67. The molecule has 1 aromatic heterocycles. The van der Waals surface area contributed by atoms with Crippen LogP contribution in [0.1, 0.15) is 10.5 Å². The molecular formula is C6H7N3O3. The Hall–Kier alpha value is -1.85. The van der Waals surface area contributed by atoms with Crippen molar-refractivity contribution >= 4 is 5.91 Å². The second-order valence-corrected chi connectivity index (χ2v) is 1.95. The molecule has 0 aliphatic heterocycles. The minimum atomic E-state index is -0.848. The summed E-state index contributed by atoms with van der Waals surface area (Å²) in [4.78, 5) is 17.6. The highest BCUT2D eigenvalue weighted by Crippen LogP contribution is 2.13. The Morgan fingerprint density at radius 2 is 2.42 bits per heavy atom. The van der Waals surface area contributed by atoms with E-state index < -0.39 is 11.8 Å². The summed E-state index contributed by atoms with van der Waals surface area (Å²) in [5, 5.41) is 8.97. The van der Waals surface area contributed by atoms with Crippen molar-refractivity contribution < 1.29 is 14.6 Å². The Balaban J connectivity index is 3.17. The summed E-state index contributed by atoms with van der Waals surface area (Å²) in [6.45, 7) is 0. The fraction of sp³-hybridized carbons (Fsp3) is 0.167. The second kappa shape index (κ2) is 3.04. The standard InChI is InChI=1S/C6H7N3O3/c1-12-3-2-8-6(11)4(9-3)5(7)10/h2H,1H3,(H2,7,10)(H,8,11). The van der Waals surface area contributed by atoms with Gasteiger partial charge in [0, 0.05) is 0 Å². The number of rotatable bonds is 2. The van der Waals surface area contributed by atoms with Gasteiger partial charge in [0.15, 0.2) is 5.69 Å². The van der Waals surface area contributed by atoms with E-state index in [2.05, 4.69) is 14.7 Å². The third-order valence-electron chi connectivity index (χ3n) is 1.17. The summed E-state index contributed by atoms with van der Waals surface area (Å²) in [6.07, 6.45) is 1.18. The minimum absolute atomic E-state index is 0.126. The van der Waals surface area contributed by atoms with E-state index >= 15 is 0 Å². The van der Waals surface area contributed by atoms with Crippen molar-refractivity contribution in [3.8, 4) is 11.8 Å². The lowest BCUT2D eigenvalue weighted by atomic mass is 10.4. The summed E-state index contributed by atoms with van der Waals surface area (Å²) in [6, 6.07) is 0. The Kier molecular flexibility index (Phi) is 2.09. The van der Waals surface area contributed by atoms with Crippen molar-refractivity contribution in [2.75, 3.05) is 7.11 Å². The van der Waals surface area contributed by atoms with Crippen molar-refractivity contribution in [1.29, 1.82) is 0 Å². The summed E-state index contributed by atoms with van der Waals surface area (Å²) in [5.74, 6) is -1.22. The molecule has 0 aliphatic carbocycles. The first kappa shape index (κ1) is 8.25. The average Bonchev–Trinajstić information content (AvgIpc) is 2.05. The summed E-state index contributed by atoms with van der Waals surface area (Å²) in [5.41, 5.74) is 4.58. The van der Waals surface area contributed by atoms with Gasteiger partial charge >= 0.3 is 0 Å². The third-order valence-corrected chi connectivity index (χ3v) is 1.17. The molecule has 1 amide bonds. The van der Waals surface area contributed by atoms with Gasteiger partial charge in [0.1, 0.15) is 0 Å². The molecule has 6 nitrogen and oxygen atoms in total. The van der Waals surface area contributed by atoms with E-state index in [0.717, 1.165) is 0 Å². The predicted molar refractivity (Wildman–Crippen MR) is 38.8 cm³/mol. The number of hydrogen-bond acceptors (Lipinski definition) is 5. The van der Waals surface area contributed by atoms with Crippen LogP contribution in [0.2, 0.25) is 0 Å². The minimum Gasteiger partial charge on any atom is -0.492 e. The van der Waals surface area contributed by atoms with E-state index in [4.69, 9.17) is 10.8 Å². The molecule has 0 saturated heterocycles.